The average Bonchev–Trinajstić information content (AvgIpc) is 2.45. The Morgan fingerprint density at radius 1 is 1.30 bits per heavy atom. The van der Waals surface area contributed by atoms with Crippen molar-refractivity contribution in [1.82, 2.24) is 14.6 Å². The van der Waals surface area contributed by atoms with Gasteiger partial charge in [0.2, 0.25) is 10.0 Å². The van der Waals surface area contributed by atoms with Crippen LogP contribution in [0.5, 0.6) is 0 Å². The molecular formula is C14H25N3O2S. The molecule has 5 nitrogen and oxygen atoms in total. The SMILES string of the molecule is CCCNCC(C)S(=O)(=O)N(CC)Cc1ccncc1. The first kappa shape index (κ1) is 17.1. The number of hydrogen-bond donors (Lipinski definition) is 1. The molecule has 114 valence electrons. The van der Waals surface area contributed by atoms with E-state index >= 15 is 0 Å². The van der Waals surface area contributed by atoms with Gasteiger partial charge in [0.05, 0.1) is 5.25 Å². The number of pyridine rings is 1. The zero-order chi connectivity index (χ0) is 15.0. The van der Waals surface area contributed by atoms with Crippen LogP contribution >= 0.6 is 0 Å². The molecule has 1 atom stereocenters. The highest BCUT2D eigenvalue weighted by Gasteiger charge is 2.27. The molecule has 1 N–H and O–H groups in total. The summed E-state index contributed by atoms with van der Waals surface area (Å²) in [5, 5.41) is 2.75. The lowest BCUT2D eigenvalue weighted by Gasteiger charge is -2.24. The lowest BCUT2D eigenvalue weighted by molar-refractivity contribution is 0.414. The predicted molar refractivity (Wildman–Crippen MR) is 81.9 cm³/mol. The summed E-state index contributed by atoms with van der Waals surface area (Å²) in [6.45, 7) is 7.90. The molecule has 1 heterocycles. The van der Waals surface area contributed by atoms with Gasteiger partial charge in [-0.15, -0.1) is 0 Å². The van der Waals surface area contributed by atoms with Crippen LogP contribution in [0.25, 0.3) is 0 Å². The Bertz CT molecular complexity index is 476. The first-order valence-electron chi connectivity index (χ1n) is 7.10. The van der Waals surface area contributed by atoms with Crippen molar-refractivity contribution in [3.05, 3.63) is 30.1 Å². The van der Waals surface area contributed by atoms with Gasteiger partial charge < -0.3 is 5.32 Å². The largest absolute Gasteiger partial charge is 0.315 e. The fourth-order valence-electron chi connectivity index (χ4n) is 1.92. The number of nitrogens with one attached hydrogen (secondary N) is 1. The van der Waals surface area contributed by atoms with Crippen LogP contribution in [0.4, 0.5) is 0 Å². The summed E-state index contributed by atoms with van der Waals surface area (Å²) in [7, 11) is -3.28. The molecule has 0 radical (unpaired) electrons. The quantitative estimate of drug-likeness (QED) is 0.704. The molecule has 0 aliphatic carbocycles. The van der Waals surface area contributed by atoms with Crippen LogP contribution in [0.3, 0.4) is 0 Å². The maximum absolute atomic E-state index is 12.5. The third kappa shape index (κ3) is 4.85. The van der Waals surface area contributed by atoms with Gasteiger partial charge in [0.25, 0.3) is 0 Å². The fourth-order valence-corrected chi connectivity index (χ4v) is 3.44. The Morgan fingerprint density at radius 2 is 1.95 bits per heavy atom. The zero-order valence-electron chi connectivity index (χ0n) is 12.5. The van der Waals surface area contributed by atoms with E-state index in [4.69, 9.17) is 0 Å². The van der Waals surface area contributed by atoms with Crippen molar-refractivity contribution in [1.29, 1.82) is 0 Å². The number of sulfonamides is 1. The van der Waals surface area contributed by atoms with Crippen LogP contribution in [0.15, 0.2) is 24.5 Å². The van der Waals surface area contributed by atoms with E-state index in [-0.39, 0.29) is 0 Å². The van der Waals surface area contributed by atoms with Gasteiger partial charge in [0.15, 0.2) is 0 Å². The molecule has 0 saturated heterocycles. The number of hydrogen-bond acceptors (Lipinski definition) is 4. The Kier molecular flexibility index (Phi) is 7.12. The second-order valence-electron chi connectivity index (χ2n) is 4.84. The molecule has 0 aliphatic heterocycles. The van der Waals surface area contributed by atoms with E-state index in [9.17, 15) is 8.42 Å². The Morgan fingerprint density at radius 3 is 2.50 bits per heavy atom. The van der Waals surface area contributed by atoms with E-state index in [0.717, 1.165) is 18.5 Å². The van der Waals surface area contributed by atoms with Crippen LogP contribution in [0.2, 0.25) is 0 Å². The standard InChI is InChI=1S/C14H25N3O2S/c1-4-8-16-11-13(3)20(18,19)17(5-2)12-14-6-9-15-10-7-14/h6-7,9-10,13,16H,4-5,8,11-12H2,1-3H3. The molecule has 0 amide bonds. The number of rotatable bonds is 9. The summed E-state index contributed by atoms with van der Waals surface area (Å²) in [4.78, 5) is 3.95. The minimum Gasteiger partial charge on any atom is -0.315 e. The van der Waals surface area contributed by atoms with Gasteiger partial charge in [-0.3, -0.25) is 4.98 Å². The summed E-state index contributed by atoms with van der Waals surface area (Å²) in [5.74, 6) is 0. The summed E-state index contributed by atoms with van der Waals surface area (Å²) in [6.07, 6.45) is 4.37. The average molecular weight is 299 g/mol. The van der Waals surface area contributed by atoms with E-state index in [0.29, 0.717) is 19.6 Å². The van der Waals surface area contributed by atoms with E-state index in [1.807, 2.05) is 19.1 Å². The molecular weight excluding hydrogens is 274 g/mol. The highest BCUT2D eigenvalue weighted by Crippen LogP contribution is 2.13. The second kappa shape index (κ2) is 8.34. The smallest absolute Gasteiger partial charge is 0.218 e. The van der Waals surface area contributed by atoms with Crippen molar-refractivity contribution in [2.45, 2.75) is 39.0 Å². The minimum atomic E-state index is -3.28. The van der Waals surface area contributed by atoms with E-state index < -0.39 is 15.3 Å². The molecule has 0 aliphatic rings. The van der Waals surface area contributed by atoms with Crippen LogP contribution in [0, 0.1) is 0 Å². The van der Waals surface area contributed by atoms with E-state index in [2.05, 4.69) is 17.2 Å². The summed E-state index contributed by atoms with van der Waals surface area (Å²) >= 11 is 0. The van der Waals surface area contributed by atoms with Gasteiger partial charge in [0.1, 0.15) is 0 Å². The van der Waals surface area contributed by atoms with Crippen molar-refractivity contribution >= 4 is 10.0 Å². The molecule has 6 heteroatoms. The van der Waals surface area contributed by atoms with E-state index in [1.54, 1.807) is 19.3 Å². The molecule has 0 bridgehead atoms. The van der Waals surface area contributed by atoms with Gasteiger partial charge in [-0.1, -0.05) is 13.8 Å². The van der Waals surface area contributed by atoms with Crippen LogP contribution < -0.4 is 5.32 Å². The molecule has 0 fully saturated rings. The predicted octanol–water partition coefficient (Wildman–Crippen LogP) is 1.62. The second-order valence-corrected chi connectivity index (χ2v) is 7.19. The van der Waals surface area contributed by atoms with Crippen molar-refractivity contribution < 1.29 is 8.42 Å². The molecule has 1 aromatic heterocycles. The maximum atomic E-state index is 12.5. The van der Waals surface area contributed by atoms with Crippen LogP contribution in [-0.2, 0) is 16.6 Å². The monoisotopic (exact) mass is 299 g/mol. The molecule has 1 rings (SSSR count). The molecule has 0 spiro atoms. The van der Waals surface area contributed by atoms with Gasteiger partial charge in [-0.2, -0.15) is 4.31 Å². The number of aromatic nitrogens is 1. The first-order valence-corrected chi connectivity index (χ1v) is 8.61. The maximum Gasteiger partial charge on any atom is 0.218 e. The summed E-state index contributed by atoms with van der Waals surface area (Å²) < 4.78 is 26.6. The topological polar surface area (TPSA) is 62.3 Å². The van der Waals surface area contributed by atoms with Gasteiger partial charge in [-0.25, -0.2) is 8.42 Å². The van der Waals surface area contributed by atoms with Crippen molar-refractivity contribution in [2.75, 3.05) is 19.6 Å². The fraction of sp³-hybridized carbons (Fsp3) is 0.643. The molecule has 1 aromatic rings. The van der Waals surface area contributed by atoms with Crippen molar-refractivity contribution in [3.8, 4) is 0 Å². The Hall–Kier alpha value is -0.980. The molecule has 0 aromatic carbocycles. The summed E-state index contributed by atoms with van der Waals surface area (Å²) in [6, 6.07) is 3.69. The highest BCUT2D eigenvalue weighted by atomic mass is 32.2. The van der Waals surface area contributed by atoms with Crippen LogP contribution in [0.1, 0.15) is 32.8 Å². The van der Waals surface area contributed by atoms with E-state index in [1.165, 1.54) is 4.31 Å². The van der Waals surface area contributed by atoms with Crippen LogP contribution in [-0.4, -0.2) is 42.6 Å². The zero-order valence-corrected chi connectivity index (χ0v) is 13.4. The van der Waals surface area contributed by atoms with Crippen molar-refractivity contribution in [3.63, 3.8) is 0 Å². The normalized spacial score (nSPS) is 13.6. The highest BCUT2D eigenvalue weighted by molar-refractivity contribution is 7.89. The minimum absolute atomic E-state index is 0.402. The molecule has 0 saturated carbocycles. The Labute approximate surface area is 122 Å². The first-order chi connectivity index (χ1) is 9.52. The third-order valence-corrected chi connectivity index (χ3v) is 5.48. The lowest BCUT2D eigenvalue weighted by atomic mass is 10.3. The number of nitrogens with zero attached hydrogens (tertiary/aromatic N) is 2. The Balaban J connectivity index is 2.71. The van der Waals surface area contributed by atoms with Gasteiger partial charge in [0, 0.05) is 32.0 Å². The third-order valence-electron chi connectivity index (χ3n) is 3.19. The lowest BCUT2D eigenvalue weighted by Crippen LogP contribution is -2.41. The summed E-state index contributed by atoms with van der Waals surface area (Å²) in [5.41, 5.74) is 0.958. The van der Waals surface area contributed by atoms with Gasteiger partial charge >= 0.3 is 0 Å². The van der Waals surface area contributed by atoms with Gasteiger partial charge in [-0.05, 0) is 37.6 Å². The molecule has 1 unspecified atom stereocenters. The van der Waals surface area contributed by atoms with Crippen molar-refractivity contribution in [2.24, 2.45) is 0 Å². The molecule has 20 heavy (non-hydrogen) atoms.